The van der Waals surface area contributed by atoms with Gasteiger partial charge in [0.25, 0.3) is 0 Å². The lowest BCUT2D eigenvalue weighted by Crippen LogP contribution is -2.41. The summed E-state index contributed by atoms with van der Waals surface area (Å²) in [6.45, 7) is 2.13. The van der Waals surface area contributed by atoms with Crippen molar-refractivity contribution in [3.05, 3.63) is 24.2 Å². The smallest absolute Gasteiger partial charge is 0.227 e. The number of hydrogen-bond donors (Lipinski definition) is 3. The van der Waals surface area contributed by atoms with Crippen molar-refractivity contribution < 1.29 is 0 Å². The molecule has 0 unspecified atom stereocenters. The third-order valence-corrected chi connectivity index (χ3v) is 5.59. The Morgan fingerprint density at radius 1 is 1.33 bits per heavy atom. The summed E-state index contributed by atoms with van der Waals surface area (Å²) < 4.78 is 0. The van der Waals surface area contributed by atoms with Gasteiger partial charge in [-0.25, -0.2) is 9.97 Å². The first-order chi connectivity index (χ1) is 11.7. The summed E-state index contributed by atoms with van der Waals surface area (Å²) in [6, 6.07) is 2.49. The third kappa shape index (κ3) is 2.34. The van der Waals surface area contributed by atoms with Crippen LogP contribution in [0.15, 0.2) is 18.5 Å². The fourth-order valence-electron chi connectivity index (χ4n) is 4.27. The van der Waals surface area contributed by atoms with Crippen molar-refractivity contribution in [1.29, 1.82) is 0 Å². The highest BCUT2D eigenvalue weighted by Crippen LogP contribution is 2.52. The van der Waals surface area contributed by atoms with E-state index in [9.17, 15) is 0 Å². The zero-order valence-corrected chi connectivity index (χ0v) is 13.9. The number of H-pyrrole nitrogens is 1. The van der Waals surface area contributed by atoms with Crippen LogP contribution in [0.2, 0.25) is 0 Å². The highest BCUT2D eigenvalue weighted by atomic mass is 15.3. The number of fused-ring (bicyclic) bond motifs is 1. The second-order valence-corrected chi connectivity index (χ2v) is 7.55. The normalized spacial score (nSPS) is 28.0. The van der Waals surface area contributed by atoms with Crippen LogP contribution in [0.4, 0.5) is 17.7 Å². The topological polar surface area (TPSA) is 81.8 Å². The zero-order chi connectivity index (χ0) is 16.1. The quantitative estimate of drug-likeness (QED) is 0.754. The Morgan fingerprint density at radius 3 is 3.00 bits per heavy atom. The molecule has 2 aliphatic heterocycles. The molecule has 4 aliphatic rings. The van der Waals surface area contributed by atoms with Crippen molar-refractivity contribution in [2.75, 3.05) is 30.4 Å². The Hall–Kier alpha value is -2.15. The first-order valence-corrected chi connectivity index (χ1v) is 8.81. The van der Waals surface area contributed by atoms with Crippen LogP contribution in [0, 0.1) is 5.41 Å². The fraction of sp³-hybridized carbons (Fsp3) is 0.588. The molecule has 0 spiro atoms. The minimum atomic E-state index is 0.423. The van der Waals surface area contributed by atoms with Crippen molar-refractivity contribution in [3.63, 3.8) is 0 Å². The van der Waals surface area contributed by atoms with Gasteiger partial charge in [-0.1, -0.05) is 0 Å². The lowest BCUT2D eigenvalue weighted by Gasteiger charge is -2.36. The van der Waals surface area contributed by atoms with Gasteiger partial charge in [-0.15, -0.1) is 0 Å². The molecule has 0 radical (unpaired) electrons. The van der Waals surface area contributed by atoms with Gasteiger partial charge in [-0.3, -0.25) is 0 Å². The Bertz CT molecular complexity index is 745. The number of hydrogen-bond acceptors (Lipinski definition) is 6. The monoisotopic (exact) mass is 325 g/mol. The molecule has 7 heteroatoms. The van der Waals surface area contributed by atoms with Gasteiger partial charge in [0.05, 0.1) is 6.20 Å². The molecule has 2 bridgehead atoms. The number of aromatic nitrogens is 4. The van der Waals surface area contributed by atoms with E-state index >= 15 is 0 Å². The summed E-state index contributed by atoms with van der Waals surface area (Å²) in [5.74, 6) is 3.06. The molecular weight excluding hydrogens is 302 g/mol. The highest BCUT2D eigenvalue weighted by Gasteiger charge is 2.55. The molecule has 4 fully saturated rings. The largest absolute Gasteiger partial charge is 0.337 e. The van der Waals surface area contributed by atoms with Crippen LogP contribution < -0.4 is 15.5 Å². The maximum Gasteiger partial charge on any atom is 0.227 e. The van der Waals surface area contributed by atoms with E-state index < -0.39 is 0 Å². The number of nitrogens with one attached hydrogen (secondary N) is 3. The molecule has 4 heterocycles. The average Bonchev–Trinajstić information content (AvgIpc) is 3.04. The second kappa shape index (κ2) is 5.17. The standard InChI is InChI=1S/C17H23N7/c1-18-9-17-6-12(7-17)24(10-17)16-19-5-4-14(23-16)22-15-20-8-13(21-15)11-2-3-11/h4-5,8,11-12,18H,2-3,6-7,9-10H2,1H3,(H2,19,20,21,22,23). The molecule has 3 N–H and O–H groups in total. The molecule has 126 valence electrons. The van der Waals surface area contributed by atoms with Crippen LogP contribution in [-0.2, 0) is 0 Å². The van der Waals surface area contributed by atoms with E-state index in [1.54, 1.807) is 0 Å². The van der Waals surface area contributed by atoms with Crippen LogP contribution in [-0.4, -0.2) is 46.1 Å². The predicted molar refractivity (Wildman–Crippen MR) is 92.6 cm³/mol. The molecule has 24 heavy (non-hydrogen) atoms. The second-order valence-electron chi connectivity index (χ2n) is 7.55. The van der Waals surface area contributed by atoms with E-state index in [1.807, 2.05) is 25.5 Å². The molecule has 0 atom stereocenters. The Morgan fingerprint density at radius 2 is 2.21 bits per heavy atom. The minimum Gasteiger partial charge on any atom is -0.337 e. The first-order valence-electron chi connectivity index (χ1n) is 8.81. The van der Waals surface area contributed by atoms with Crippen LogP contribution >= 0.6 is 0 Å². The lowest BCUT2D eigenvalue weighted by atomic mass is 9.70. The molecule has 2 aliphatic carbocycles. The van der Waals surface area contributed by atoms with Crippen molar-refractivity contribution in [2.24, 2.45) is 5.41 Å². The van der Waals surface area contributed by atoms with E-state index in [2.05, 4.69) is 30.5 Å². The van der Waals surface area contributed by atoms with Gasteiger partial charge < -0.3 is 20.5 Å². The summed E-state index contributed by atoms with van der Waals surface area (Å²) in [7, 11) is 2.03. The summed E-state index contributed by atoms with van der Waals surface area (Å²) in [5, 5.41) is 6.61. The van der Waals surface area contributed by atoms with Gasteiger partial charge in [0, 0.05) is 42.4 Å². The van der Waals surface area contributed by atoms with Gasteiger partial charge in [-0.2, -0.15) is 4.98 Å². The van der Waals surface area contributed by atoms with Crippen LogP contribution in [0.25, 0.3) is 0 Å². The van der Waals surface area contributed by atoms with Gasteiger partial charge in [-0.05, 0) is 38.8 Å². The Labute approximate surface area is 141 Å². The van der Waals surface area contributed by atoms with Crippen LogP contribution in [0.3, 0.4) is 0 Å². The summed E-state index contributed by atoms with van der Waals surface area (Å²) in [5.41, 5.74) is 1.65. The predicted octanol–water partition coefficient (Wildman–Crippen LogP) is 2.01. The van der Waals surface area contributed by atoms with E-state index in [1.165, 1.54) is 31.4 Å². The molecule has 0 amide bonds. The molecule has 6 rings (SSSR count). The molecule has 7 nitrogen and oxygen atoms in total. The van der Waals surface area contributed by atoms with Gasteiger partial charge in [0.2, 0.25) is 11.9 Å². The Kier molecular flexibility index (Phi) is 3.06. The Balaban J connectivity index is 1.31. The van der Waals surface area contributed by atoms with Crippen molar-refractivity contribution in [3.8, 4) is 0 Å². The SMILES string of the molecule is CNCC12CC(C1)N(c1nccc(Nc3ncc(C4CC4)[nH]3)n1)C2. The van der Waals surface area contributed by atoms with E-state index in [-0.39, 0.29) is 0 Å². The molecular formula is C17H23N7. The zero-order valence-electron chi connectivity index (χ0n) is 13.9. The number of aromatic amines is 1. The summed E-state index contributed by atoms with van der Waals surface area (Å²) in [6.07, 6.45) is 8.79. The van der Waals surface area contributed by atoms with Crippen LogP contribution in [0.1, 0.15) is 37.3 Å². The fourth-order valence-corrected chi connectivity index (χ4v) is 4.27. The van der Waals surface area contributed by atoms with Crippen molar-refractivity contribution in [1.82, 2.24) is 25.3 Å². The van der Waals surface area contributed by atoms with Crippen molar-refractivity contribution >= 4 is 17.7 Å². The summed E-state index contributed by atoms with van der Waals surface area (Å²) >= 11 is 0. The number of rotatable bonds is 6. The molecule has 2 aromatic rings. The highest BCUT2D eigenvalue weighted by molar-refractivity contribution is 5.52. The number of nitrogens with zero attached hydrogens (tertiary/aromatic N) is 4. The minimum absolute atomic E-state index is 0.423. The van der Waals surface area contributed by atoms with Gasteiger partial charge in [0.15, 0.2) is 0 Å². The third-order valence-electron chi connectivity index (χ3n) is 5.59. The van der Waals surface area contributed by atoms with E-state index in [4.69, 9.17) is 4.98 Å². The van der Waals surface area contributed by atoms with Gasteiger partial charge >= 0.3 is 0 Å². The number of imidazole rings is 1. The summed E-state index contributed by atoms with van der Waals surface area (Å²) in [4.78, 5) is 19.3. The average molecular weight is 325 g/mol. The molecule has 2 saturated carbocycles. The maximum absolute atomic E-state index is 4.71. The number of anilines is 3. The molecule has 0 aromatic carbocycles. The van der Waals surface area contributed by atoms with Crippen molar-refractivity contribution in [2.45, 2.75) is 37.6 Å². The first kappa shape index (κ1) is 14.2. The van der Waals surface area contributed by atoms with E-state index in [0.717, 1.165) is 30.8 Å². The molecule has 2 saturated heterocycles. The van der Waals surface area contributed by atoms with Gasteiger partial charge in [0.1, 0.15) is 5.82 Å². The van der Waals surface area contributed by atoms with Crippen LogP contribution in [0.5, 0.6) is 0 Å². The maximum atomic E-state index is 4.71. The lowest BCUT2D eigenvalue weighted by molar-refractivity contribution is 0.196. The molecule has 2 aromatic heterocycles. The van der Waals surface area contributed by atoms with E-state index in [0.29, 0.717) is 17.4 Å².